The molecular formula is C17H23NO4. The van der Waals surface area contributed by atoms with E-state index >= 15 is 0 Å². The summed E-state index contributed by atoms with van der Waals surface area (Å²) in [5.41, 5.74) is 2.17. The molecule has 2 heterocycles. The Kier molecular flexibility index (Phi) is 4.64. The molecule has 1 spiro atoms. The summed E-state index contributed by atoms with van der Waals surface area (Å²) in [5, 5.41) is 0. The maximum atomic E-state index is 11.5. The van der Waals surface area contributed by atoms with Gasteiger partial charge in [0.1, 0.15) is 0 Å². The zero-order chi connectivity index (χ0) is 15.4. The number of carbonyl (C=O) groups excluding carboxylic acids is 1. The first kappa shape index (κ1) is 15.3. The minimum Gasteiger partial charge on any atom is -0.466 e. The van der Waals surface area contributed by atoms with Crippen molar-refractivity contribution in [1.29, 1.82) is 0 Å². The van der Waals surface area contributed by atoms with Gasteiger partial charge in [0.05, 0.1) is 26.2 Å². The van der Waals surface area contributed by atoms with Crippen LogP contribution in [0.2, 0.25) is 0 Å². The summed E-state index contributed by atoms with van der Waals surface area (Å²) >= 11 is 0. The molecule has 0 amide bonds. The average molecular weight is 305 g/mol. The van der Waals surface area contributed by atoms with Crippen molar-refractivity contribution in [3.63, 3.8) is 0 Å². The van der Waals surface area contributed by atoms with Gasteiger partial charge in [-0.15, -0.1) is 0 Å². The van der Waals surface area contributed by atoms with E-state index in [1.807, 2.05) is 19.1 Å². The fourth-order valence-electron chi connectivity index (χ4n) is 3.09. The highest BCUT2D eigenvalue weighted by Gasteiger charge is 2.39. The molecule has 22 heavy (non-hydrogen) atoms. The number of hydrogen-bond acceptors (Lipinski definition) is 5. The molecule has 2 aliphatic heterocycles. The molecule has 0 saturated carbocycles. The van der Waals surface area contributed by atoms with E-state index in [0.29, 0.717) is 26.2 Å². The second kappa shape index (κ2) is 6.67. The predicted octanol–water partition coefficient (Wildman–Crippen LogP) is 2.14. The second-order valence-corrected chi connectivity index (χ2v) is 5.74. The van der Waals surface area contributed by atoms with Crippen LogP contribution in [-0.4, -0.2) is 44.7 Å². The highest BCUT2D eigenvalue weighted by atomic mass is 16.7. The molecule has 0 radical (unpaired) electrons. The Bertz CT molecular complexity index is 498. The normalized spacial score (nSPS) is 20.3. The molecule has 0 atom stereocenters. The van der Waals surface area contributed by atoms with Crippen LogP contribution in [0.25, 0.3) is 0 Å². The molecule has 3 rings (SSSR count). The lowest BCUT2D eigenvalue weighted by Gasteiger charge is -2.38. The van der Waals surface area contributed by atoms with E-state index < -0.39 is 0 Å². The minimum atomic E-state index is -0.333. The molecule has 0 aliphatic carbocycles. The highest BCUT2D eigenvalue weighted by molar-refractivity contribution is 5.72. The highest BCUT2D eigenvalue weighted by Crippen LogP contribution is 2.33. The summed E-state index contributed by atoms with van der Waals surface area (Å²) in [7, 11) is 0. The molecule has 0 aromatic heterocycles. The van der Waals surface area contributed by atoms with Crippen LogP contribution in [-0.2, 0) is 25.4 Å². The number of rotatable bonds is 4. The van der Waals surface area contributed by atoms with Crippen molar-refractivity contribution in [3.05, 3.63) is 29.8 Å². The number of anilines is 1. The van der Waals surface area contributed by atoms with E-state index in [1.165, 1.54) is 5.69 Å². The number of piperidine rings is 1. The summed E-state index contributed by atoms with van der Waals surface area (Å²) in [5.74, 6) is -0.508. The maximum absolute atomic E-state index is 11.5. The van der Waals surface area contributed by atoms with Crippen LogP contribution in [0.5, 0.6) is 0 Å². The van der Waals surface area contributed by atoms with Crippen molar-refractivity contribution in [1.82, 2.24) is 0 Å². The summed E-state index contributed by atoms with van der Waals surface area (Å²) in [6.45, 7) is 5.53. The van der Waals surface area contributed by atoms with Crippen molar-refractivity contribution in [2.45, 2.75) is 32.0 Å². The Morgan fingerprint density at radius 2 is 1.82 bits per heavy atom. The van der Waals surface area contributed by atoms with Crippen molar-refractivity contribution in [2.75, 3.05) is 37.8 Å². The monoisotopic (exact) mass is 305 g/mol. The Hall–Kier alpha value is -1.59. The van der Waals surface area contributed by atoms with E-state index in [4.69, 9.17) is 14.2 Å². The van der Waals surface area contributed by atoms with Gasteiger partial charge >= 0.3 is 5.97 Å². The second-order valence-electron chi connectivity index (χ2n) is 5.74. The molecular weight excluding hydrogens is 282 g/mol. The smallest absolute Gasteiger partial charge is 0.310 e. The minimum absolute atomic E-state index is 0.175. The van der Waals surface area contributed by atoms with E-state index in [0.717, 1.165) is 31.5 Å². The standard InChI is InChI=1S/C17H23NO4/c1-2-20-16(19)13-14-3-5-15(6-4-14)18-9-7-17(8-10-18)21-11-12-22-17/h3-6H,2,7-13H2,1H3. The van der Waals surface area contributed by atoms with Crippen LogP contribution in [0, 0.1) is 0 Å². The van der Waals surface area contributed by atoms with E-state index in [-0.39, 0.29) is 11.8 Å². The first-order chi connectivity index (χ1) is 10.7. The van der Waals surface area contributed by atoms with E-state index in [2.05, 4.69) is 17.0 Å². The van der Waals surface area contributed by atoms with Gasteiger partial charge in [-0.1, -0.05) is 12.1 Å². The third-order valence-electron chi connectivity index (χ3n) is 4.29. The molecule has 1 aromatic carbocycles. The lowest BCUT2D eigenvalue weighted by Crippen LogP contribution is -2.45. The zero-order valence-electron chi connectivity index (χ0n) is 13.0. The van der Waals surface area contributed by atoms with Gasteiger partial charge in [-0.3, -0.25) is 4.79 Å². The fourth-order valence-corrected chi connectivity index (χ4v) is 3.09. The number of benzene rings is 1. The van der Waals surface area contributed by atoms with Crippen LogP contribution in [0.3, 0.4) is 0 Å². The zero-order valence-corrected chi connectivity index (χ0v) is 13.0. The van der Waals surface area contributed by atoms with Crippen molar-refractivity contribution in [3.8, 4) is 0 Å². The van der Waals surface area contributed by atoms with Gasteiger partial charge in [0.25, 0.3) is 0 Å². The topological polar surface area (TPSA) is 48.0 Å². The summed E-state index contributed by atoms with van der Waals surface area (Å²) in [6, 6.07) is 8.14. The van der Waals surface area contributed by atoms with Crippen LogP contribution >= 0.6 is 0 Å². The number of ether oxygens (including phenoxy) is 3. The quantitative estimate of drug-likeness (QED) is 0.798. The summed E-state index contributed by atoms with van der Waals surface area (Å²) < 4.78 is 16.5. The first-order valence-electron chi connectivity index (χ1n) is 7.98. The van der Waals surface area contributed by atoms with Crippen LogP contribution in [0.4, 0.5) is 5.69 Å². The molecule has 120 valence electrons. The van der Waals surface area contributed by atoms with Gasteiger partial charge in [0, 0.05) is 31.6 Å². The Labute approximate surface area is 131 Å². The Balaban J connectivity index is 1.56. The third-order valence-corrected chi connectivity index (χ3v) is 4.29. The van der Waals surface area contributed by atoms with Gasteiger partial charge in [-0.2, -0.15) is 0 Å². The first-order valence-corrected chi connectivity index (χ1v) is 7.98. The fraction of sp³-hybridized carbons (Fsp3) is 0.588. The molecule has 0 unspecified atom stereocenters. The largest absolute Gasteiger partial charge is 0.466 e. The van der Waals surface area contributed by atoms with Gasteiger partial charge in [0.2, 0.25) is 0 Å². The lowest BCUT2D eigenvalue weighted by molar-refractivity contribution is -0.169. The summed E-state index contributed by atoms with van der Waals surface area (Å²) in [6.07, 6.45) is 2.13. The average Bonchev–Trinajstić information content (AvgIpc) is 2.97. The van der Waals surface area contributed by atoms with Crippen LogP contribution in [0.15, 0.2) is 24.3 Å². The third kappa shape index (κ3) is 3.42. The van der Waals surface area contributed by atoms with Gasteiger partial charge < -0.3 is 19.1 Å². The molecule has 1 aromatic rings. The Morgan fingerprint density at radius 3 is 2.41 bits per heavy atom. The number of carbonyl (C=O) groups is 1. The van der Waals surface area contributed by atoms with Crippen molar-refractivity contribution >= 4 is 11.7 Å². The number of hydrogen-bond donors (Lipinski definition) is 0. The van der Waals surface area contributed by atoms with Crippen LogP contribution < -0.4 is 4.90 Å². The molecule has 2 saturated heterocycles. The van der Waals surface area contributed by atoms with Crippen molar-refractivity contribution in [2.24, 2.45) is 0 Å². The molecule has 5 nitrogen and oxygen atoms in total. The lowest BCUT2D eigenvalue weighted by atomic mass is 10.0. The molecule has 2 aliphatic rings. The van der Waals surface area contributed by atoms with E-state index in [1.54, 1.807) is 0 Å². The van der Waals surface area contributed by atoms with Crippen molar-refractivity contribution < 1.29 is 19.0 Å². The number of esters is 1. The Morgan fingerprint density at radius 1 is 1.18 bits per heavy atom. The molecule has 5 heteroatoms. The molecule has 2 fully saturated rings. The molecule has 0 N–H and O–H groups in total. The SMILES string of the molecule is CCOC(=O)Cc1ccc(N2CCC3(CC2)OCCO3)cc1. The van der Waals surface area contributed by atoms with Gasteiger partial charge in [-0.05, 0) is 24.6 Å². The predicted molar refractivity (Wildman–Crippen MR) is 82.9 cm³/mol. The molecule has 0 bridgehead atoms. The van der Waals surface area contributed by atoms with Crippen LogP contribution in [0.1, 0.15) is 25.3 Å². The number of nitrogens with zero attached hydrogens (tertiary/aromatic N) is 1. The maximum Gasteiger partial charge on any atom is 0.310 e. The van der Waals surface area contributed by atoms with Gasteiger partial charge in [-0.25, -0.2) is 0 Å². The summed E-state index contributed by atoms with van der Waals surface area (Å²) in [4.78, 5) is 13.8. The van der Waals surface area contributed by atoms with E-state index in [9.17, 15) is 4.79 Å². The van der Waals surface area contributed by atoms with Gasteiger partial charge in [0.15, 0.2) is 5.79 Å².